The predicted octanol–water partition coefficient (Wildman–Crippen LogP) is 4.38. The minimum absolute atomic E-state index is 0.0404. The average molecular weight is 257 g/mol. The quantitative estimate of drug-likeness (QED) is 0.636. The molecule has 0 saturated carbocycles. The number of benzene rings is 3. The first-order valence-electron chi connectivity index (χ1n) is 6.51. The van der Waals surface area contributed by atoms with Gasteiger partial charge in [-0.3, -0.25) is 4.79 Å². The zero-order valence-corrected chi connectivity index (χ0v) is 10.9. The van der Waals surface area contributed by atoms with Crippen molar-refractivity contribution in [3.05, 3.63) is 96.1 Å². The van der Waals surface area contributed by atoms with Gasteiger partial charge in [-0.2, -0.15) is 0 Å². The normalized spacial score (nSPS) is 10.2. The molecule has 1 nitrogen and oxygen atoms in total. The minimum Gasteiger partial charge on any atom is -0.289 e. The van der Waals surface area contributed by atoms with Crippen LogP contribution in [0, 0.1) is 6.07 Å². The zero-order valence-electron chi connectivity index (χ0n) is 10.9. The molecular weight excluding hydrogens is 244 g/mol. The van der Waals surface area contributed by atoms with E-state index >= 15 is 0 Å². The average Bonchev–Trinajstić information content (AvgIpc) is 2.56. The van der Waals surface area contributed by atoms with E-state index in [-0.39, 0.29) is 5.78 Å². The maximum absolute atomic E-state index is 12.3. The number of carbonyl (C=O) groups excluding carboxylic acids is 1. The van der Waals surface area contributed by atoms with Gasteiger partial charge in [-0.1, -0.05) is 78.9 Å². The summed E-state index contributed by atoms with van der Waals surface area (Å²) in [5.41, 5.74) is 3.66. The van der Waals surface area contributed by atoms with Crippen molar-refractivity contribution in [2.75, 3.05) is 0 Å². The van der Waals surface area contributed by atoms with Crippen LogP contribution in [0.5, 0.6) is 0 Å². The standard InChI is InChI=1S/C19H13O/c20-19(17-9-5-2-6-10-17)18-13-11-16(12-14-18)15-7-3-1-4-8-15/h1,3-14H. The highest BCUT2D eigenvalue weighted by atomic mass is 16.1. The maximum atomic E-state index is 12.3. The highest BCUT2D eigenvalue weighted by Gasteiger charge is 2.08. The van der Waals surface area contributed by atoms with Crippen LogP contribution in [0.15, 0.2) is 78.9 Å². The molecule has 1 radical (unpaired) electrons. The second-order valence-electron chi connectivity index (χ2n) is 4.56. The van der Waals surface area contributed by atoms with Crippen LogP contribution in [-0.4, -0.2) is 5.78 Å². The number of hydrogen-bond acceptors (Lipinski definition) is 1. The lowest BCUT2D eigenvalue weighted by atomic mass is 9.99. The van der Waals surface area contributed by atoms with E-state index in [1.165, 1.54) is 0 Å². The van der Waals surface area contributed by atoms with Crippen molar-refractivity contribution in [1.82, 2.24) is 0 Å². The molecule has 0 aromatic heterocycles. The molecule has 95 valence electrons. The molecule has 0 saturated heterocycles. The first-order valence-corrected chi connectivity index (χ1v) is 6.51. The molecule has 0 aliphatic carbocycles. The maximum Gasteiger partial charge on any atom is 0.193 e. The fourth-order valence-electron chi connectivity index (χ4n) is 2.15. The fourth-order valence-corrected chi connectivity index (χ4v) is 2.15. The zero-order chi connectivity index (χ0) is 13.8. The van der Waals surface area contributed by atoms with Gasteiger partial charge in [-0.15, -0.1) is 0 Å². The van der Waals surface area contributed by atoms with Crippen LogP contribution in [0.2, 0.25) is 0 Å². The van der Waals surface area contributed by atoms with Crippen molar-refractivity contribution in [1.29, 1.82) is 0 Å². The summed E-state index contributed by atoms with van der Waals surface area (Å²) >= 11 is 0. The molecule has 0 aliphatic rings. The van der Waals surface area contributed by atoms with Crippen LogP contribution in [0.4, 0.5) is 0 Å². The van der Waals surface area contributed by atoms with Gasteiger partial charge < -0.3 is 0 Å². The smallest absolute Gasteiger partial charge is 0.193 e. The third-order valence-corrected chi connectivity index (χ3v) is 3.23. The van der Waals surface area contributed by atoms with E-state index in [0.29, 0.717) is 11.1 Å². The van der Waals surface area contributed by atoms with Gasteiger partial charge in [-0.05, 0) is 17.2 Å². The molecule has 0 bridgehead atoms. The van der Waals surface area contributed by atoms with Gasteiger partial charge in [0.1, 0.15) is 0 Å². The molecule has 0 amide bonds. The van der Waals surface area contributed by atoms with Crippen LogP contribution in [0.3, 0.4) is 0 Å². The van der Waals surface area contributed by atoms with Crippen molar-refractivity contribution < 1.29 is 4.79 Å². The fraction of sp³-hybridized carbons (Fsp3) is 0. The monoisotopic (exact) mass is 257 g/mol. The van der Waals surface area contributed by atoms with Crippen LogP contribution < -0.4 is 0 Å². The van der Waals surface area contributed by atoms with Gasteiger partial charge in [0.2, 0.25) is 0 Å². The highest BCUT2D eigenvalue weighted by Crippen LogP contribution is 2.20. The largest absolute Gasteiger partial charge is 0.289 e. The third-order valence-electron chi connectivity index (χ3n) is 3.23. The third kappa shape index (κ3) is 2.52. The van der Waals surface area contributed by atoms with E-state index in [4.69, 9.17) is 0 Å². The first kappa shape index (κ1) is 12.4. The molecule has 3 aromatic rings. The molecule has 1 heteroatoms. The molecule has 0 heterocycles. The van der Waals surface area contributed by atoms with Crippen molar-refractivity contribution in [3.63, 3.8) is 0 Å². The molecular formula is C19H13O. The molecule has 0 N–H and O–H groups in total. The predicted molar refractivity (Wildman–Crippen MR) is 80.6 cm³/mol. The SMILES string of the molecule is O=C(c1cc[c]cc1)c1ccc(-c2ccccc2)cc1. The van der Waals surface area contributed by atoms with Crippen LogP contribution >= 0.6 is 0 Å². The number of rotatable bonds is 3. The van der Waals surface area contributed by atoms with Crippen molar-refractivity contribution in [2.24, 2.45) is 0 Å². The minimum atomic E-state index is 0.0404. The van der Waals surface area contributed by atoms with Crippen molar-refractivity contribution >= 4 is 5.78 Å². The highest BCUT2D eigenvalue weighted by molar-refractivity contribution is 6.09. The van der Waals surface area contributed by atoms with Gasteiger partial charge in [0, 0.05) is 11.1 Å². The molecule has 0 spiro atoms. The topological polar surface area (TPSA) is 17.1 Å². The van der Waals surface area contributed by atoms with Gasteiger partial charge in [0.25, 0.3) is 0 Å². The van der Waals surface area contributed by atoms with E-state index < -0.39 is 0 Å². The van der Waals surface area contributed by atoms with E-state index in [1.807, 2.05) is 42.5 Å². The summed E-state index contributed by atoms with van der Waals surface area (Å²) < 4.78 is 0. The lowest BCUT2D eigenvalue weighted by Crippen LogP contribution is -2.00. The first-order chi connectivity index (χ1) is 9.84. The molecule has 20 heavy (non-hydrogen) atoms. The van der Waals surface area contributed by atoms with Gasteiger partial charge >= 0.3 is 0 Å². The summed E-state index contributed by atoms with van der Waals surface area (Å²) in [5.74, 6) is 0.0404. The second-order valence-corrected chi connectivity index (χ2v) is 4.56. The van der Waals surface area contributed by atoms with Gasteiger partial charge in [-0.25, -0.2) is 0 Å². The Bertz CT molecular complexity index is 698. The van der Waals surface area contributed by atoms with Gasteiger partial charge in [0.15, 0.2) is 5.78 Å². The van der Waals surface area contributed by atoms with Gasteiger partial charge in [0.05, 0.1) is 0 Å². The number of hydrogen-bond donors (Lipinski definition) is 0. The van der Waals surface area contributed by atoms with Crippen LogP contribution in [0.1, 0.15) is 15.9 Å². The summed E-state index contributed by atoms with van der Waals surface area (Å²) in [5, 5.41) is 0. The Morgan fingerprint density at radius 2 is 1.20 bits per heavy atom. The Balaban J connectivity index is 1.89. The Morgan fingerprint density at radius 1 is 0.650 bits per heavy atom. The summed E-state index contributed by atoms with van der Waals surface area (Å²) in [6.07, 6.45) is 0. The Hall–Kier alpha value is -2.67. The van der Waals surface area contributed by atoms with E-state index in [2.05, 4.69) is 18.2 Å². The van der Waals surface area contributed by atoms with Crippen molar-refractivity contribution in [2.45, 2.75) is 0 Å². The Morgan fingerprint density at radius 3 is 1.85 bits per heavy atom. The molecule has 3 aromatic carbocycles. The van der Waals surface area contributed by atoms with Crippen LogP contribution in [0.25, 0.3) is 11.1 Å². The van der Waals surface area contributed by atoms with Crippen molar-refractivity contribution in [3.8, 4) is 11.1 Å². The molecule has 0 aliphatic heterocycles. The molecule has 0 unspecified atom stereocenters. The summed E-state index contributed by atoms with van der Waals surface area (Å²) in [6.45, 7) is 0. The van der Waals surface area contributed by atoms with E-state index in [9.17, 15) is 4.79 Å². The number of ketones is 1. The summed E-state index contributed by atoms with van der Waals surface area (Å²) in [4.78, 5) is 12.3. The molecule has 3 rings (SSSR count). The van der Waals surface area contributed by atoms with Crippen LogP contribution in [-0.2, 0) is 0 Å². The Kier molecular flexibility index (Phi) is 3.42. The summed E-state index contributed by atoms with van der Waals surface area (Å²) in [7, 11) is 0. The van der Waals surface area contributed by atoms with E-state index in [1.54, 1.807) is 24.3 Å². The Labute approximate surface area is 118 Å². The van der Waals surface area contributed by atoms with E-state index in [0.717, 1.165) is 11.1 Å². The lowest BCUT2D eigenvalue weighted by molar-refractivity contribution is 0.103. The molecule has 0 atom stereocenters. The lowest BCUT2D eigenvalue weighted by Gasteiger charge is -2.04. The summed E-state index contributed by atoms with van der Waals surface area (Å²) in [6, 6.07) is 27.8. The molecule has 0 fully saturated rings. The number of carbonyl (C=O) groups is 1. The second kappa shape index (κ2) is 5.54.